The number of hydrogen-bond acceptors (Lipinski definition) is 4. The van der Waals surface area contributed by atoms with Crippen LogP contribution in [0.4, 0.5) is 10.5 Å². The van der Waals surface area contributed by atoms with Crippen molar-refractivity contribution in [3.63, 3.8) is 0 Å². The second kappa shape index (κ2) is 8.62. The third-order valence-electron chi connectivity index (χ3n) is 4.44. The highest BCUT2D eigenvalue weighted by Crippen LogP contribution is 2.22. The van der Waals surface area contributed by atoms with Gasteiger partial charge >= 0.3 is 6.03 Å². The quantitative estimate of drug-likeness (QED) is 0.809. The number of nitrogens with one attached hydrogen (secondary N) is 2. The van der Waals surface area contributed by atoms with Crippen LogP contribution in [0, 0.1) is 0 Å². The topological polar surface area (TPSA) is 81.1 Å². The van der Waals surface area contributed by atoms with Gasteiger partial charge in [-0.1, -0.05) is 25.0 Å². The Labute approximate surface area is 147 Å². The first kappa shape index (κ1) is 17.4. The van der Waals surface area contributed by atoms with Crippen molar-refractivity contribution < 1.29 is 9.53 Å². The lowest BCUT2D eigenvalue weighted by Crippen LogP contribution is -2.29. The summed E-state index contributed by atoms with van der Waals surface area (Å²) in [6.07, 6.45) is 6.96. The fourth-order valence-electron chi connectivity index (χ4n) is 2.97. The maximum atomic E-state index is 12.0. The highest BCUT2D eigenvalue weighted by Gasteiger charge is 2.15. The molecule has 0 aliphatic heterocycles. The number of aromatic nitrogens is 3. The molecule has 134 valence electrons. The van der Waals surface area contributed by atoms with Crippen LogP contribution < -0.4 is 10.6 Å². The lowest BCUT2D eigenvalue weighted by atomic mass is 10.2. The predicted molar refractivity (Wildman–Crippen MR) is 95.0 cm³/mol. The van der Waals surface area contributed by atoms with Gasteiger partial charge in [0.25, 0.3) is 0 Å². The molecule has 2 aromatic rings. The molecule has 1 aliphatic rings. The number of carbonyl (C=O) groups excluding carboxylic acids is 1. The van der Waals surface area contributed by atoms with Crippen LogP contribution in [0.5, 0.6) is 0 Å². The van der Waals surface area contributed by atoms with Crippen molar-refractivity contribution in [2.75, 3.05) is 5.32 Å². The molecule has 0 bridgehead atoms. The number of rotatable bonds is 7. The molecule has 1 aliphatic carbocycles. The summed E-state index contributed by atoms with van der Waals surface area (Å²) >= 11 is 0. The van der Waals surface area contributed by atoms with E-state index < -0.39 is 0 Å². The molecule has 25 heavy (non-hydrogen) atoms. The third-order valence-corrected chi connectivity index (χ3v) is 4.44. The lowest BCUT2D eigenvalue weighted by Gasteiger charge is -2.12. The van der Waals surface area contributed by atoms with Crippen molar-refractivity contribution in [3.8, 4) is 0 Å². The van der Waals surface area contributed by atoms with E-state index >= 15 is 0 Å². The molecule has 0 unspecified atom stereocenters. The Bertz CT molecular complexity index is 677. The first-order chi connectivity index (χ1) is 12.2. The van der Waals surface area contributed by atoms with Gasteiger partial charge < -0.3 is 19.9 Å². The zero-order chi connectivity index (χ0) is 17.5. The third kappa shape index (κ3) is 5.03. The van der Waals surface area contributed by atoms with Crippen LogP contribution in [0.15, 0.2) is 30.6 Å². The van der Waals surface area contributed by atoms with Crippen molar-refractivity contribution >= 4 is 11.7 Å². The Kier molecular flexibility index (Phi) is 6.00. The summed E-state index contributed by atoms with van der Waals surface area (Å²) in [5, 5.41) is 13.4. The summed E-state index contributed by atoms with van der Waals surface area (Å²) in [5.74, 6) is 0.733. The minimum absolute atomic E-state index is 0.263. The van der Waals surface area contributed by atoms with Gasteiger partial charge in [-0.25, -0.2) is 4.79 Å². The number of urea groups is 1. The lowest BCUT2D eigenvalue weighted by molar-refractivity contribution is 0.0457. The highest BCUT2D eigenvalue weighted by molar-refractivity contribution is 5.89. The highest BCUT2D eigenvalue weighted by atomic mass is 16.5. The summed E-state index contributed by atoms with van der Waals surface area (Å²) in [7, 11) is 0. The fraction of sp³-hybridized carbons (Fsp3) is 0.500. The van der Waals surface area contributed by atoms with Gasteiger partial charge in [0, 0.05) is 12.2 Å². The van der Waals surface area contributed by atoms with Gasteiger partial charge in [0.1, 0.15) is 6.33 Å². The standard InChI is InChI=1S/C18H25N5O2/c1-2-23-13-20-22-17(23)11-19-18(24)21-15-9-7-14(8-10-15)12-25-16-5-3-4-6-16/h7-10,13,16H,2-6,11-12H2,1H3,(H2,19,21,24). The number of hydrogen-bond donors (Lipinski definition) is 2. The van der Waals surface area contributed by atoms with Crippen LogP contribution in [0.25, 0.3) is 0 Å². The Morgan fingerprint density at radius 3 is 2.76 bits per heavy atom. The number of amides is 2. The second-order valence-corrected chi connectivity index (χ2v) is 6.26. The minimum Gasteiger partial charge on any atom is -0.374 e. The SMILES string of the molecule is CCn1cnnc1CNC(=O)Nc1ccc(COC2CCCC2)cc1. The van der Waals surface area contributed by atoms with E-state index in [1.807, 2.05) is 35.8 Å². The van der Waals surface area contributed by atoms with Gasteiger partial charge in [-0.2, -0.15) is 0 Å². The zero-order valence-corrected chi connectivity index (χ0v) is 14.6. The van der Waals surface area contributed by atoms with E-state index in [2.05, 4.69) is 20.8 Å². The molecule has 7 nitrogen and oxygen atoms in total. The van der Waals surface area contributed by atoms with Crippen LogP contribution >= 0.6 is 0 Å². The van der Waals surface area contributed by atoms with Crippen LogP contribution in [-0.2, 0) is 24.4 Å². The molecular formula is C18H25N5O2. The monoisotopic (exact) mass is 343 g/mol. The smallest absolute Gasteiger partial charge is 0.319 e. The summed E-state index contributed by atoms with van der Waals surface area (Å²) < 4.78 is 7.79. The molecule has 1 saturated carbocycles. The first-order valence-corrected chi connectivity index (χ1v) is 8.86. The molecule has 0 atom stereocenters. The first-order valence-electron chi connectivity index (χ1n) is 8.86. The zero-order valence-electron chi connectivity index (χ0n) is 14.6. The summed E-state index contributed by atoms with van der Waals surface area (Å²) in [6.45, 7) is 3.75. The van der Waals surface area contributed by atoms with E-state index in [0.29, 0.717) is 19.3 Å². The second-order valence-electron chi connectivity index (χ2n) is 6.26. The summed E-state index contributed by atoms with van der Waals surface area (Å²) in [4.78, 5) is 12.0. The van der Waals surface area contributed by atoms with Gasteiger partial charge in [0.05, 0.1) is 19.3 Å². The maximum absolute atomic E-state index is 12.0. The normalized spacial score (nSPS) is 14.6. The number of benzene rings is 1. The average molecular weight is 343 g/mol. The van der Waals surface area contributed by atoms with Crippen molar-refractivity contribution in [2.45, 2.75) is 58.4 Å². The molecule has 1 aromatic carbocycles. The van der Waals surface area contributed by atoms with Crippen molar-refractivity contribution in [1.29, 1.82) is 0 Å². The Hall–Kier alpha value is -2.41. The molecule has 0 spiro atoms. The molecule has 2 N–H and O–H groups in total. The maximum Gasteiger partial charge on any atom is 0.319 e. The molecule has 0 radical (unpaired) electrons. The molecule has 1 fully saturated rings. The minimum atomic E-state index is -0.263. The van der Waals surface area contributed by atoms with Crippen LogP contribution in [0.2, 0.25) is 0 Å². The summed E-state index contributed by atoms with van der Waals surface area (Å²) in [5.41, 5.74) is 1.87. The van der Waals surface area contributed by atoms with Gasteiger partial charge in [0.15, 0.2) is 5.82 Å². The molecule has 1 aromatic heterocycles. The van der Waals surface area contributed by atoms with E-state index in [0.717, 1.165) is 23.6 Å². The van der Waals surface area contributed by atoms with Crippen molar-refractivity contribution in [1.82, 2.24) is 20.1 Å². The number of nitrogens with zero attached hydrogens (tertiary/aromatic N) is 3. The van der Waals surface area contributed by atoms with Gasteiger partial charge in [-0.3, -0.25) is 0 Å². The Morgan fingerprint density at radius 2 is 2.04 bits per heavy atom. The van der Waals surface area contributed by atoms with E-state index in [4.69, 9.17) is 4.74 Å². The van der Waals surface area contributed by atoms with Crippen LogP contribution in [0.3, 0.4) is 0 Å². The van der Waals surface area contributed by atoms with Gasteiger partial charge in [-0.05, 0) is 37.5 Å². The van der Waals surface area contributed by atoms with Gasteiger partial charge in [0.2, 0.25) is 0 Å². The van der Waals surface area contributed by atoms with E-state index in [9.17, 15) is 4.79 Å². The van der Waals surface area contributed by atoms with E-state index in [1.165, 1.54) is 25.7 Å². The number of aryl methyl sites for hydroxylation is 1. The largest absolute Gasteiger partial charge is 0.374 e. The number of ether oxygens (including phenoxy) is 1. The predicted octanol–water partition coefficient (Wildman–Crippen LogP) is 3.08. The number of carbonyl (C=O) groups is 1. The Balaban J connectivity index is 1.43. The van der Waals surface area contributed by atoms with Crippen LogP contribution in [-0.4, -0.2) is 26.9 Å². The molecule has 1 heterocycles. The molecule has 3 rings (SSSR count). The van der Waals surface area contributed by atoms with E-state index in [-0.39, 0.29) is 6.03 Å². The van der Waals surface area contributed by atoms with Crippen molar-refractivity contribution in [2.24, 2.45) is 0 Å². The molecule has 2 amide bonds. The van der Waals surface area contributed by atoms with Crippen LogP contribution in [0.1, 0.15) is 44.0 Å². The fourth-order valence-corrected chi connectivity index (χ4v) is 2.97. The van der Waals surface area contributed by atoms with Gasteiger partial charge in [-0.15, -0.1) is 10.2 Å². The molecule has 0 saturated heterocycles. The molecular weight excluding hydrogens is 318 g/mol. The molecule has 7 heteroatoms. The number of anilines is 1. The van der Waals surface area contributed by atoms with Crippen molar-refractivity contribution in [3.05, 3.63) is 42.0 Å². The summed E-state index contributed by atoms with van der Waals surface area (Å²) in [6, 6.07) is 7.49. The Morgan fingerprint density at radius 1 is 1.28 bits per heavy atom. The average Bonchev–Trinajstić information content (AvgIpc) is 3.30. The van der Waals surface area contributed by atoms with E-state index in [1.54, 1.807) is 6.33 Å².